The van der Waals surface area contributed by atoms with Crippen molar-refractivity contribution in [2.24, 2.45) is 11.0 Å². The molecule has 1 aromatic carbocycles. The van der Waals surface area contributed by atoms with E-state index in [0.29, 0.717) is 18.4 Å². The van der Waals surface area contributed by atoms with Crippen LogP contribution in [0.5, 0.6) is 0 Å². The van der Waals surface area contributed by atoms with Gasteiger partial charge < -0.3 is 5.73 Å². The minimum absolute atomic E-state index is 0.447. The molecule has 2 unspecified atom stereocenters. The number of azide groups is 1. The highest BCUT2D eigenvalue weighted by atomic mass is 15.1. The monoisotopic (exact) mass is 319 g/mol. The Labute approximate surface area is 141 Å². The first-order chi connectivity index (χ1) is 11.7. The number of fused-ring (bicyclic) bond motifs is 5. The molecule has 2 atom stereocenters. The van der Waals surface area contributed by atoms with Crippen LogP contribution in [-0.4, -0.2) is 11.5 Å². The Morgan fingerprint density at radius 3 is 3.08 bits per heavy atom. The molecule has 0 amide bonds. The number of nitrogens with two attached hydrogens (primary N) is 1. The molecule has 24 heavy (non-hydrogen) atoms. The zero-order valence-electron chi connectivity index (χ0n) is 13.9. The number of aromatic nitrogens is 1. The highest BCUT2D eigenvalue weighted by Crippen LogP contribution is 2.47. The highest BCUT2D eigenvalue weighted by molar-refractivity contribution is 5.93. The lowest BCUT2D eigenvalue weighted by molar-refractivity contribution is 0.428. The number of rotatable bonds is 3. The van der Waals surface area contributed by atoms with E-state index in [1.807, 2.05) is 0 Å². The zero-order valence-corrected chi connectivity index (χ0v) is 13.9. The summed E-state index contributed by atoms with van der Waals surface area (Å²) in [6.45, 7) is 2.63. The van der Waals surface area contributed by atoms with Crippen molar-refractivity contribution >= 4 is 16.6 Å². The minimum atomic E-state index is 0.447. The van der Waals surface area contributed by atoms with Gasteiger partial charge in [0, 0.05) is 33.8 Å². The van der Waals surface area contributed by atoms with Crippen LogP contribution in [0.25, 0.3) is 21.3 Å². The smallest absolute Gasteiger partial charge is 0.0728 e. The third-order valence-corrected chi connectivity index (χ3v) is 5.33. The number of pyridine rings is 1. The standard InChI is InChI=1S/C19H21N5/c1-11-2-3-15-16(6-11)23-17-10-13-7-12(4-5-22-24-21)8-14(9-13)18(17)19(15)20/h2-3,6-7,13-14H,4-5,8-10H2,1H3,(H2,20,23). The van der Waals surface area contributed by atoms with Gasteiger partial charge >= 0.3 is 0 Å². The van der Waals surface area contributed by atoms with E-state index in [1.165, 1.54) is 22.4 Å². The minimum Gasteiger partial charge on any atom is -0.398 e. The zero-order chi connectivity index (χ0) is 16.7. The average Bonchev–Trinajstić information content (AvgIpc) is 2.54. The molecule has 0 fully saturated rings. The highest BCUT2D eigenvalue weighted by Gasteiger charge is 2.33. The Hall–Kier alpha value is -2.52. The predicted molar refractivity (Wildman–Crippen MR) is 96.8 cm³/mol. The Kier molecular flexibility index (Phi) is 3.66. The second-order valence-electron chi connectivity index (χ2n) is 7.04. The first-order valence-electron chi connectivity index (χ1n) is 8.54. The van der Waals surface area contributed by atoms with E-state index < -0.39 is 0 Å². The number of nitrogen functional groups attached to an aromatic ring is 1. The molecule has 0 saturated carbocycles. The molecule has 2 N–H and O–H groups in total. The van der Waals surface area contributed by atoms with E-state index in [-0.39, 0.29) is 0 Å². The molecule has 5 heteroatoms. The molecule has 5 nitrogen and oxygen atoms in total. The third-order valence-electron chi connectivity index (χ3n) is 5.33. The summed E-state index contributed by atoms with van der Waals surface area (Å²) in [5.74, 6) is 0.981. The number of benzene rings is 1. The second kappa shape index (κ2) is 5.84. The van der Waals surface area contributed by atoms with Crippen LogP contribution in [0.1, 0.15) is 42.0 Å². The summed E-state index contributed by atoms with van der Waals surface area (Å²) in [5.41, 5.74) is 22.0. The van der Waals surface area contributed by atoms with Gasteiger partial charge in [-0.25, -0.2) is 0 Å². The van der Waals surface area contributed by atoms with Crippen LogP contribution in [0.15, 0.2) is 35.0 Å². The lowest BCUT2D eigenvalue weighted by Gasteiger charge is -2.36. The van der Waals surface area contributed by atoms with E-state index >= 15 is 0 Å². The van der Waals surface area contributed by atoms with Crippen LogP contribution in [0.4, 0.5) is 5.69 Å². The fraction of sp³-hybridized carbons (Fsp3) is 0.421. The number of hydrogen-bond acceptors (Lipinski definition) is 3. The quantitative estimate of drug-likeness (QED) is 0.381. The molecular weight excluding hydrogens is 298 g/mol. The van der Waals surface area contributed by atoms with Crippen molar-refractivity contribution in [1.82, 2.24) is 4.98 Å². The molecule has 0 spiro atoms. The Bertz CT molecular complexity index is 892. The van der Waals surface area contributed by atoms with Crippen LogP contribution >= 0.6 is 0 Å². The lowest BCUT2D eigenvalue weighted by atomic mass is 9.70. The van der Waals surface area contributed by atoms with Gasteiger partial charge in [-0.05, 0) is 61.6 Å². The van der Waals surface area contributed by atoms with Crippen molar-refractivity contribution in [2.75, 3.05) is 12.3 Å². The maximum Gasteiger partial charge on any atom is 0.0728 e. The van der Waals surface area contributed by atoms with Gasteiger partial charge in [-0.1, -0.05) is 28.9 Å². The summed E-state index contributed by atoms with van der Waals surface area (Å²) >= 11 is 0. The van der Waals surface area contributed by atoms with E-state index in [0.717, 1.165) is 42.3 Å². The molecule has 0 saturated heterocycles. The Balaban J connectivity index is 1.74. The van der Waals surface area contributed by atoms with Gasteiger partial charge in [0.25, 0.3) is 0 Å². The van der Waals surface area contributed by atoms with Crippen LogP contribution < -0.4 is 5.73 Å². The van der Waals surface area contributed by atoms with Crippen LogP contribution in [0.2, 0.25) is 0 Å². The van der Waals surface area contributed by atoms with E-state index in [2.05, 4.69) is 41.2 Å². The number of anilines is 1. The molecule has 4 rings (SSSR count). The van der Waals surface area contributed by atoms with Crippen molar-refractivity contribution in [3.05, 3.63) is 57.1 Å². The normalized spacial score (nSPS) is 21.8. The summed E-state index contributed by atoms with van der Waals surface area (Å²) in [7, 11) is 0. The van der Waals surface area contributed by atoms with Crippen molar-refractivity contribution < 1.29 is 0 Å². The van der Waals surface area contributed by atoms with Gasteiger partial charge in [0.1, 0.15) is 0 Å². The maximum absolute atomic E-state index is 8.46. The van der Waals surface area contributed by atoms with Crippen molar-refractivity contribution in [3.8, 4) is 0 Å². The van der Waals surface area contributed by atoms with Gasteiger partial charge in [-0.3, -0.25) is 4.98 Å². The van der Waals surface area contributed by atoms with Gasteiger partial charge in [0.05, 0.1) is 5.52 Å². The SMILES string of the molecule is Cc1ccc2c(N)c3c(nc2c1)CC1C=C(CCN=[N+]=[N-])CC3C1. The molecule has 122 valence electrons. The van der Waals surface area contributed by atoms with E-state index in [4.69, 9.17) is 16.2 Å². The maximum atomic E-state index is 8.46. The molecule has 0 radical (unpaired) electrons. The van der Waals surface area contributed by atoms with Crippen LogP contribution in [0, 0.1) is 12.8 Å². The molecular formula is C19H21N5. The van der Waals surface area contributed by atoms with Crippen molar-refractivity contribution in [1.29, 1.82) is 0 Å². The molecule has 2 aromatic rings. The Morgan fingerprint density at radius 1 is 1.38 bits per heavy atom. The van der Waals surface area contributed by atoms with E-state index in [9.17, 15) is 0 Å². The van der Waals surface area contributed by atoms with Gasteiger partial charge in [0.2, 0.25) is 0 Å². The summed E-state index contributed by atoms with van der Waals surface area (Å²) in [4.78, 5) is 7.80. The third kappa shape index (κ3) is 2.51. The molecule has 1 aromatic heterocycles. The molecule has 2 aliphatic carbocycles. The second-order valence-corrected chi connectivity index (χ2v) is 7.04. The summed E-state index contributed by atoms with van der Waals surface area (Å²) < 4.78 is 0. The molecule has 1 heterocycles. The lowest BCUT2D eigenvalue weighted by Crippen LogP contribution is -2.24. The van der Waals surface area contributed by atoms with Crippen LogP contribution in [0.3, 0.4) is 0 Å². The largest absolute Gasteiger partial charge is 0.398 e. The predicted octanol–water partition coefficient (Wildman–Crippen LogP) is 4.80. The van der Waals surface area contributed by atoms with Crippen LogP contribution in [-0.2, 0) is 6.42 Å². The number of allylic oxidation sites excluding steroid dienone is 1. The fourth-order valence-corrected chi connectivity index (χ4v) is 4.35. The summed E-state index contributed by atoms with van der Waals surface area (Å²) in [6.07, 6.45) is 6.36. The average molecular weight is 319 g/mol. The molecule has 2 bridgehead atoms. The fourth-order valence-electron chi connectivity index (χ4n) is 4.35. The molecule has 2 aliphatic rings. The van der Waals surface area contributed by atoms with Gasteiger partial charge in [0.15, 0.2) is 0 Å². The summed E-state index contributed by atoms with van der Waals surface area (Å²) in [5, 5.41) is 4.75. The van der Waals surface area contributed by atoms with Crippen molar-refractivity contribution in [3.63, 3.8) is 0 Å². The Morgan fingerprint density at radius 2 is 2.25 bits per heavy atom. The van der Waals surface area contributed by atoms with Gasteiger partial charge in [-0.15, -0.1) is 0 Å². The van der Waals surface area contributed by atoms with Gasteiger partial charge in [-0.2, -0.15) is 0 Å². The first kappa shape index (κ1) is 15.0. The van der Waals surface area contributed by atoms with Crippen molar-refractivity contribution in [2.45, 2.75) is 38.5 Å². The van der Waals surface area contributed by atoms with E-state index in [1.54, 1.807) is 0 Å². The number of aryl methyl sites for hydroxylation is 1. The number of nitrogens with zero attached hydrogens (tertiary/aromatic N) is 4. The first-order valence-corrected chi connectivity index (χ1v) is 8.54. The molecule has 0 aliphatic heterocycles. The topological polar surface area (TPSA) is 87.7 Å². The number of hydrogen-bond donors (Lipinski definition) is 1. The summed E-state index contributed by atoms with van der Waals surface area (Å²) in [6, 6.07) is 6.32.